The predicted octanol–water partition coefficient (Wildman–Crippen LogP) is 3.19. The molecule has 6 nitrogen and oxygen atoms in total. The van der Waals surface area contributed by atoms with Gasteiger partial charge in [0.2, 0.25) is 6.10 Å². The van der Waals surface area contributed by atoms with Gasteiger partial charge in [0, 0.05) is 17.1 Å². The fourth-order valence-corrected chi connectivity index (χ4v) is 4.39. The molecule has 3 aliphatic rings. The van der Waals surface area contributed by atoms with Crippen molar-refractivity contribution in [2.75, 3.05) is 20.3 Å². The minimum atomic E-state index is -4.79. The van der Waals surface area contributed by atoms with Crippen LogP contribution in [0.4, 0.5) is 13.2 Å². The molecule has 0 aliphatic carbocycles. The van der Waals surface area contributed by atoms with E-state index < -0.39 is 42.1 Å². The molecule has 5 atom stereocenters. The molecule has 10 heteroatoms. The van der Waals surface area contributed by atoms with Crippen molar-refractivity contribution >= 4 is 28.0 Å². The smallest absolute Gasteiger partial charge is 0.430 e. The van der Waals surface area contributed by atoms with Crippen LogP contribution in [0.2, 0.25) is 0 Å². The minimum Gasteiger partial charge on any atom is -0.475 e. The summed E-state index contributed by atoms with van der Waals surface area (Å²) in [6, 6.07) is 3.23. The predicted molar refractivity (Wildman–Crippen MR) is 97.5 cm³/mol. The fraction of sp³-hybridized carbons (Fsp3) is 0.526. The van der Waals surface area contributed by atoms with Crippen LogP contribution in [0, 0.1) is 6.92 Å². The zero-order chi connectivity index (χ0) is 20.9. The van der Waals surface area contributed by atoms with Gasteiger partial charge in [0.05, 0.1) is 18.8 Å². The lowest BCUT2D eigenvalue weighted by molar-refractivity contribution is -0.189. The van der Waals surface area contributed by atoms with Gasteiger partial charge in [0.15, 0.2) is 6.10 Å². The molecular weight excluding hydrogens is 461 g/mol. The van der Waals surface area contributed by atoms with Gasteiger partial charge in [-0.25, -0.2) is 4.79 Å². The number of aryl methyl sites for hydroxylation is 1. The van der Waals surface area contributed by atoms with Gasteiger partial charge >= 0.3 is 12.1 Å². The summed E-state index contributed by atoms with van der Waals surface area (Å²) in [5.41, 5.74) is 0.262. The number of carbonyl (C=O) groups excluding carboxylic acids is 1. The average Bonchev–Trinajstić information content (AvgIpc) is 3.22. The third-order valence-corrected chi connectivity index (χ3v) is 5.61. The lowest BCUT2D eigenvalue weighted by atomic mass is 9.99. The molecule has 0 N–H and O–H groups in total. The molecule has 0 unspecified atom stereocenters. The van der Waals surface area contributed by atoms with E-state index in [9.17, 15) is 18.0 Å². The topological polar surface area (TPSA) is 63.2 Å². The second-order valence-electron chi connectivity index (χ2n) is 7.09. The quantitative estimate of drug-likeness (QED) is 0.621. The average molecular weight is 479 g/mol. The summed E-state index contributed by atoms with van der Waals surface area (Å²) in [6.45, 7) is 1.92. The Balaban J connectivity index is 1.61. The van der Waals surface area contributed by atoms with Gasteiger partial charge in [-0.2, -0.15) is 13.2 Å². The molecule has 4 rings (SSSR count). The van der Waals surface area contributed by atoms with Crippen molar-refractivity contribution in [2.24, 2.45) is 0 Å². The summed E-state index contributed by atoms with van der Waals surface area (Å²) in [5, 5.41) is 0. The Morgan fingerprint density at radius 1 is 1.17 bits per heavy atom. The van der Waals surface area contributed by atoms with Gasteiger partial charge in [-0.15, -0.1) is 0 Å². The van der Waals surface area contributed by atoms with E-state index in [1.54, 1.807) is 19.1 Å². The molecular formula is C19H18BrF3O6. The largest absolute Gasteiger partial charge is 0.475 e. The zero-order valence-electron chi connectivity index (χ0n) is 15.5. The van der Waals surface area contributed by atoms with E-state index >= 15 is 0 Å². The summed E-state index contributed by atoms with van der Waals surface area (Å²) in [4.78, 5) is 12.7. The number of fused-ring (bicyclic) bond motifs is 2. The Morgan fingerprint density at radius 2 is 1.83 bits per heavy atom. The monoisotopic (exact) mass is 478 g/mol. The molecule has 158 valence electrons. The second kappa shape index (κ2) is 7.57. The molecule has 1 aromatic carbocycles. The van der Waals surface area contributed by atoms with E-state index in [-0.39, 0.29) is 25.1 Å². The summed E-state index contributed by atoms with van der Waals surface area (Å²) in [5.74, 6) is -1.03. The first-order valence-corrected chi connectivity index (χ1v) is 9.70. The van der Waals surface area contributed by atoms with E-state index in [2.05, 4.69) is 15.9 Å². The standard InChI is InChI=1S/C19H18BrF3O6/c1-8-3-10(20)4-9-5-11(17(19(21,22)23)29-14(8)9)18(24)28-13-7-27-15-12(25-2)6-26-16(13)15/h3-5,12-13,15-17H,6-7H2,1-2H3/t12-,13+,15-,16-,17+/m1/s1. The van der Waals surface area contributed by atoms with E-state index in [1.807, 2.05) is 0 Å². The van der Waals surface area contributed by atoms with Gasteiger partial charge in [0.25, 0.3) is 0 Å². The maximum Gasteiger partial charge on any atom is 0.430 e. The van der Waals surface area contributed by atoms with Crippen LogP contribution < -0.4 is 4.74 Å². The number of halogens is 4. The molecule has 0 saturated carbocycles. The van der Waals surface area contributed by atoms with Crippen molar-refractivity contribution < 1.29 is 41.7 Å². The van der Waals surface area contributed by atoms with E-state index in [0.29, 0.717) is 15.6 Å². The SMILES string of the molecule is CO[C@@H]1CO[C@H]2[C@@H]1OC[C@@H]2OC(=O)C1=Cc2cc(Br)cc(C)c2O[C@@H]1C(F)(F)F. The van der Waals surface area contributed by atoms with Gasteiger partial charge in [-0.3, -0.25) is 0 Å². The van der Waals surface area contributed by atoms with Crippen molar-refractivity contribution in [1.29, 1.82) is 0 Å². The third kappa shape index (κ3) is 3.78. The van der Waals surface area contributed by atoms with Crippen LogP contribution in [-0.2, 0) is 23.7 Å². The lowest BCUT2D eigenvalue weighted by Gasteiger charge is -2.29. The van der Waals surface area contributed by atoms with Crippen LogP contribution in [0.3, 0.4) is 0 Å². The fourth-order valence-electron chi connectivity index (χ4n) is 3.80. The Hall–Kier alpha value is -1.62. The van der Waals surface area contributed by atoms with Crippen molar-refractivity contribution in [3.8, 4) is 5.75 Å². The molecule has 0 bridgehead atoms. The van der Waals surface area contributed by atoms with Crippen LogP contribution in [-0.4, -0.2) is 63.0 Å². The van der Waals surface area contributed by atoms with Crippen LogP contribution in [0.1, 0.15) is 11.1 Å². The Labute approximate surface area is 173 Å². The number of hydrogen-bond acceptors (Lipinski definition) is 6. The molecule has 0 spiro atoms. The molecule has 1 aromatic rings. The van der Waals surface area contributed by atoms with Crippen LogP contribution >= 0.6 is 15.9 Å². The van der Waals surface area contributed by atoms with Crippen LogP contribution in [0.15, 0.2) is 22.2 Å². The highest BCUT2D eigenvalue weighted by Crippen LogP contribution is 2.41. The Bertz CT molecular complexity index is 855. The highest BCUT2D eigenvalue weighted by atomic mass is 79.9. The van der Waals surface area contributed by atoms with Crippen molar-refractivity contribution in [1.82, 2.24) is 0 Å². The third-order valence-electron chi connectivity index (χ3n) is 5.15. The van der Waals surface area contributed by atoms with E-state index in [4.69, 9.17) is 23.7 Å². The van der Waals surface area contributed by atoms with Crippen molar-refractivity contribution in [2.45, 2.75) is 43.6 Å². The number of rotatable bonds is 3. The summed E-state index contributed by atoms with van der Waals surface area (Å²) < 4.78 is 68.5. The molecule has 2 fully saturated rings. The Kier molecular flexibility index (Phi) is 5.39. The number of esters is 1. The van der Waals surface area contributed by atoms with Gasteiger partial charge in [-0.05, 0) is 30.7 Å². The highest BCUT2D eigenvalue weighted by molar-refractivity contribution is 9.10. The first kappa shape index (κ1) is 20.6. The normalized spacial score (nSPS) is 31.0. The summed E-state index contributed by atoms with van der Waals surface area (Å²) in [7, 11) is 1.51. The number of hydrogen-bond donors (Lipinski definition) is 0. The lowest BCUT2D eigenvalue weighted by Crippen LogP contribution is -2.42. The molecule has 2 saturated heterocycles. The Morgan fingerprint density at radius 3 is 2.48 bits per heavy atom. The van der Waals surface area contributed by atoms with Gasteiger partial charge in [0.1, 0.15) is 24.1 Å². The first-order valence-electron chi connectivity index (χ1n) is 8.91. The number of carbonyl (C=O) groups is 1. The number of methoxy groups -OCH3 is 1. The van der Waals surface area contributed by atoms with Crippen LogP contribution in [0.5, 0.6) is 5.75 Å². The summed E-state index contributed by atoms with van der Waals surface area (Å²) in [6.07, 6.45) is -8.19. The van der Waals surface area contributed by atoms with E-state index in [0.717, 1.165) is 6.08 Å². The molecule has 3 aliphatic heterocycles. The number of ether oxygens (including phenoxy) is 5. The zero-order valence-corrected chi connectivity index (χ0v) is 17.1. The van der Waals surface area contributed by atoms with Crippen molar-refractivity contribution in [3.63, 3.8) is 0 Å². The number of benzene rings is 1. The van der Waals surface area contributed by atoms with Crippen molar-refractivity contribution in [3.05, 3.63) is 33.3 Å². The first-order chi connectivity index (χ1) is 13.7. The van der Waals surface area contributed by atoms with E-state index in [1.165, 1.54) is 7.11 Å². The molecule has 3 heterocycles. The maximum atomic E-state index is 13.6. The molecule has 0 radical (unpaired) electrons. The molecule has 0 aromatic heterocycles. The molecule has 0 amide bonds. The van der Waals surface area contributed by atoms with Gasteiger partial charge in [-0.1, -0.05) is 15.9 Å². The minimum absolute atomic E-state index is 0.0208. The summed E-state index contributed by atoms with van der Waals surface area (Å²) >= 11 is 3.30. The number of alkyl halides is 3. The second-order valence-corrected chi connectivity index (χ2v) is 8.01. The maximum absolute atomic E-state index is 13.6. The van der Waals surface area contributed by atoms with Gasteiger partial charge < -0.3 is 23.7 Å². The highest BCUT2D eigenvalue weighted by Gasteiger charge is 2.52. The van der Waals surface area contributed by atoms with Crippen LogP contribution in [0.25, 0.3) is 6.08 Å². The molecule has 29 heavy (non-hydrogen) atoms.